The van der Waals surface area contributed by atoms with Gasteiger partial charge < -0.3 is 9.63 Å². The molecule has 0 radical (unpaired) electrons. The molecule has 6 nitrogen and oxygen atoms in total. The normalized spacial score (nSPS) is 10.8. The van der Waals surface area contributed by atoms with E-state index in [1.807, 2.05) is 12.1 Å². The first-order chi connectivity index (χ1) is 8.24. The van der Waals surface area contributed by atoms with Crippen molar-refractivity contribution in [3.05, 3.63) is 30.0 Å². The van der Waals surface area contributed by atoms with Crippen molar-refractivity contribution in [3.63, 3.8) is 0 Å². The fourth-order valence-corrected chi connectivity index (χ4v) is 1.99. The second-order valence-corrected chi connectivity index (χ2v) is 4.12. The minimum atomic E-state index is -1.14. The van der Waals surface area contributed by atoms with Gasteiger partial charge >= 0.3 is 5.97 Å². The third kappa shape index (κ3) is 1.66. The molecule has 0 atom stereocenters. The second kappa shape index (κ2) is 3.63. The van der Waals surface area contributed by atoms with Crippen LogP contribution in [0.5, 0.6) is 0 Å². The van der Waals surface area contributed by atoms with Crippen LogP contribution in [0.15, 0.2) is 28.8 Å². The minimum Gasteiger partial charge on any atom is -0.475 e. The molecule has 0 aliphatic rings. The molecule has 17 heavy (non-hydrogen) atoms. The number of carboxylic acids is 1. The van der Waals surface area contributed by atoms with Gasteiger partial charge in [0.15, 0.2) is 0 Å². The Morgan fingerprint density at radius 3 is 3.00 bits per heavy atom. The first-order valence-corrected chi connectivity index (χ1v) is 5.44. The second-order valence-electron chi connectivity index (χ2n) is 3.34. The highest BCUT2D eigenvalue weighted by Gasteiger charge is 2.12. The van der Waals surface area contributed by atoms with Crippen LogP contribution < -0.4 is 0 Å². The molecular formula is C10H5N3O3S. The SMILES string of the molecule is O=C(O)c1cc(-c2ccc3snnc3c2)no1. The highest BCUT2D eigenvalue weighted by atomic mass is 32.1. The number of rotatable bonds is 2. The molecule has 84 valence electrons. The molecule has 0 amide bonds. The summed E-state index contributed by atoms with van der Waals surface area (Å²) in [7, 11) is 0. The van der Waals surface area contributed by atoms with Crippen molar-refractivity contribution < 1.29 is 14.4 Å². The number of benzene rings is 1. The van der Waals surface area contributed by atoms with E-state index >= 15 is 0 Å². The number of aromatic carboxylic acids is 1. The van der Waals surface area contributed by atoms with E-state index in [-0.39, 0.29) is 5.76 Å². The van der Waals surface area contributed by atoms with Crippen LogP contribution in [0.1, 0.15) is 10.6 Å². The monoisotopic (exact) mass is 247 g/mol. The van der Waals surface area contributed by atoms with E-state index in [0.29, 0.717) is 5.69 Å². The predicted octanol–water partition coefficient (Wildman–Crippen LogP) is 2.04. The summed E-state index contributed by atoms with van der Waals surface area (Å²) >= 11 is 1.30. The molecule has 0 fully saturated rings. The highest BCUT2D eigenvalue weighted by molar-refractivity contribution is 7.12. The van der Waals surface area contributed by atoms with Gasteiger partial charge in [0.05, 0.1) is 4.70 Å². The Balaban J connectivity index is 2.09. The lowest BCUT2D eigenvalue weighted by atomic mass is 10.1. The van der Waals surface area contributed by atoms with Crippen LogP contribution in [0.2, 0.25) is 0 Å². The summed E-state index contributed by atoms with van der Waals surface area (Å²) in [5, 5.41) is 16.4. The Hall–Kier alpha value is -2.28. The van der Waals surface area contributed by atoms with Gasteiger partial charge in [-0.15, -0.1) is 5.10 Å². The van der Waals surface area contributed by atoms with Gasteiger partial charge in [-0.1, -0.05) is 15.7 Å². The standard InChI is InChI=1S/C10H5N3O3S/c14-10(15)8-4-6(12-16-8)5-1-2-9-7(3-5)11-13-17-9/h1-4H,(H,14,15). The quantitative estimate of drug-likeness (QED) is 0.745. The predicted molar refractivity (Wildman–Crippen MR) is 59.9 cm³/mol. The number of fused-ring (bicyclic) bond motifs is 1. The van der Waals surface area contributed by atoms with Gasteiger partial charge in [0, 0.05) is 11.6 Å². The van der Waals surface area contributed by atoms with Crippen LogP contribution >= 0.6 is 11.5 Å². The van der Waals surface area contributed by atoms with Crippen LogP contribution in [-0.2, 0) is 0 Å². The maximum absolute atomic E-state index is 10.7. The Morgan fingerprint density at radius 1 is 1.35 bits per heavy atom. The van der Waals surface area contributed by atoms with Crippen LogP contribution in [0.4, 0.5) is 0 Å². The summed E-state index contributed by atoms with van der Waals surface area (Å²) in [6, 6.07) is 6.86. The maximum Gasteiger partial charge on any atom is 0.374 e. The zero-order valence-corrected chi connectivity index (χ0v) is 9.14. The molecule has 0 unspecified atom stereocenters. The Bertz CT molecular complexity index is 703. The van der Waals surface area contributed by atoms with Crippen LogP contribution in [0, 0.1) is 0 Å². The first-order valence-electron chi connectivity index (χ1n) is 4.66. The number of aromatic nitrogens is 3. The average molecular weight is 247 g/mol. The molecule has 0 spiro atoms. The number of carboxylic acid groups (broad SMARTS) is 1. The molecular weight excluding hydrogens is 242 g/mol. The van der Waals surface area contributed by atoms with Crippen molar-refractivity contribution in [1.82, 2.24) is 14.7 Å². The van der Waals surface area contributed by atoms with Crippen LogP contribution in [0.25, 0.3) is 21.5 Å². The largest absolute Gasteiger partial charge is 0.475 e. The van der Waals surface area contributed by atoms with E-state index in [0.717, 1.165) is 15.8 Å². The number of carbonyl (C=O) groups is 1. The maximum atomic E-state index is 10.7. The number of hydrogen-bond acceptors (Lipinski definition) is 6. The zero-order chi connectivity index (χ0) is 11.8. The van der Waals surface area contributed by atoms with E-state index in [1.165, 1.54) is 17.6 Å². The van der Waals surface area contributed by atoms with Gasteiger partial charge in [0.1, 0.15) is 11.2 Å². The number of nitrogens with zero attached hydrogens (tertiary/aromatic N) is 3. The molecule has 0 saturated heterocycles. The van der Waals surface area contributed by atoms with E-state index < -0.39 is 5.97 Å². The Kier molecular flexibility index (Phi) is 2.12. The smallest absolute Gasteiger partial charge is 0.374 e. The van der Waals surface area contributed by atoms with Gasteiger partial charge in [0.25, 0.3) is 0 Å². The lowest BCUT2D eigenvalue weighted by Crippen LogP contribution is -1.91. The van der Waals surface area contributed by atoms with Gasteiger partial charge in [-0.25, -0.2) is 4.79 Å². The van der Waals surface area contributed by atoms with Crippen molar-refractivity contribution in [2.75, 3.05) is 0 Å². The summed E-state index contributed by atoms with van der Waals surface area (Å²) in [4.78, 5) is 10.7. The Morgan fingerprint density at radius 2 is 2.24 bits per heavy atom. The third-order valence-corrected chi connectivity index (χ3v) is 2.97. The summed E-state index contributed by atoms with van der Waals surface area (Å²) in [5.41, 5.74) is 1.98. The van der Waals surface area contributed by atoms with E-state index in [9.17, 15) is 4.79 Å². The summed E-state index contributed by atoms with van der Waals surface area (Å²) in [5.74, 6) is -1.32. The third-order valence-electron chi connectivity index (χ3n) is 2.26. The van der Waals surface area contributed by atoms with Gasteiger partial charge in [-0.05, 0) is 23.7 Å². The molecule has 1 aromatic carbocycles. The summed E-state index contributed by atoms with van der Waals surface area (Å²) in [6.07, 6.45) is 0. The summed E-state index contributed by atoms with van der Waals surface area (Å²) in [6.45, 7) is 0. The molecule has 0 saturated carbocycles. The van der Waals surface area contributed by atoms with E-state index in [2.05, 4.69) is 14.7 Å². The summed E-state index contributed by atoms with van der Waals surface area (Å²) < 4.78 is 9.48. The fourth-order valence-electron chi connectivity index (χ4n) is 1.45. The van der Waals surface area contributed by atoms with E-state index in [1.54, 1.807) is 6.07 Å². The number of hydrogen-bond donors (Lipinski definition) is 1. The zero-order valence-electron chi connectivity index (χ0n) is 8.32. The van der Waals surface area contributed by atoms with Crippen molar-refractivity contribution in [2.45, 2.75) is 0 Å². The van der Waals surface area contributed by atoms with E-state index in [4.69, 9.17) is 9.63 Å². The Labute approximate surface area is 98.6 Å². The van der Waals surface area contributed by atoms with Crippen LogP contribution in [0.3, 0.4) is 0 Å². The molecule has 1 N–H and O–H groups in total. The van der Waals surface area contributed by atoms with Crippen molar-refractivity contribution in [3.8, 4) is 11.3 Å². The van der Waals surface area contributed by atoms with Gasteiger partial charge in [-0.3, -0.25) is 0 Å². The van der Waals surface area contributed by atoms with Crippen molar-refractivity contribution >= 4 is 27.7 Å². The first kappa shape index (κ1) is 9.91. The molecule has 2 aromatic heterocycles. The topological polar surface area (TPSA) is 89.1 Å². The molecule has 0 bridgehead atoms. The molecule has 7 heteroatoms. The molecule has 3 rings (SSSR count). The van der Waals surface area contributed by atoms with Crippen LogP contribution in [-0.4, -0.2) is 25.8 Å². The lowest BCUT2D eigenvalue weighted by Gasteiger charge is -1.93. The van der Waals surface area contributed by atoms with Crippen molar-refractivity contribution in [2.24, 2.45) is 0 Å². The molecule has 0 aliphatic carbocycles. The highest BCUT2D eigenvalue weighted by Crippen LogP contribution is 2.24. The molecule has 0 aliphatic heterocycles. The van der Waals surface area contributed by atoms with Gasteiger partial charge in [0.2, 0.25) is 5.76 Å². The fraction of sp³-hybridized carbons (Fsp3) is 0. The average Bonchev–Trinajstić information content (AvgIpc) is 2.97. The van der Waals surface area contributed by atoms with Gasteiger partial charge in [-0.2, -0.15) is 0 Å². The minimum absolute atomic E-state index is 0.184. The molecule has 2 heterocycles. The lowest BCUT2D eigenvalue weighted by molar-refractivity contribution is 0.0652. The molecule has 3 aromatic rings. The van der Waals surface area contributed by atoms with Crippen molar-refractivity contribution in [1.29, 1.82) is 0 Å².